The molecule has 0 spiro atoms. The topological polar surface area (TPSA) is 46.5 Å². The van der Waals surface area contributed by atoms with Gasteiger partial charge in [-0.25, -0.2) is 4.79 Å². The number of ether oxygens (including phenoxy) is 1. The molecular formula is C11H8F6O3. The number of carbonyl (C=O) groups is 1. The maximum absolute atomic E-state index is 12.7. The zero-order chi connectivity index (χ0) is 15.6. The molecule has 0 radical (unpaired) electrons. The van der Waals surface area contributed by atoms with Gasteiger partial charge in [0, 0.05) is 0 Å². The van der Waals surface area contributed by atoms with Crippen LogP contribution in [0.4, 0.5) is 26.3 Å². The molecule has 0 aliphatic rings. The van der Waals surface area contributed by atoms with E-state index in [1.807, 2.05) is 0 Å². The number of benzene rings is 1. The van der Waals surface area contributed by atoms with Gasteiger partial charge in [-0.3, -0.25) is 0 Å². The molecule has 0 saturated heterocycles. The van der Waals surface area contributed by atoms with Crippen LogP contribution in [0.15, 0.2) is 24.3 Å². The minimum absolute atomic E-state index is 0.470. The van der Waals surface area contributed by atoms with Crippen LogP contribution in [-0.2, 0) is 15.7 Å². The van der Waals surface area contributed by atoms with Gasteiger partial charge in [-0.2, -0.15) is 26.3 Å². The third-order valence-electron chi connectivity index (χ3n) is 2.21. The summed E-state index contributed by atoms with van der Waals surface area (Å²) in [6.45, 7) is -1.22. The van der Waals surface area contributed by atoms with E-state index in [0.717, 1.165) is 0 Å². The first-order valence-corrected chi connectivity index (χ1v) is 5.09. The molecule has 0 aromatic heterocycles. The number of halogens is 6. The average Bonchev–Trinajstić information content (AvgIpc) is 2.26. The second-order valence-corrected chi connectivity index (χ2v) is 3.75. The molecule has 1 N–H and O–H groups in total. The predicted molar refractivity (Wildman–Crippen MR) is 53.8 cm³/mol. The van der Waals surface area contributed by atoms with E-state index in [1.54, 1.807) is 0 Å². The Morgan fingerprint density at radius 3 is 1.95 bits per heavy atom. The molecule has 1 rings (SSSR count). The molecule has 0 bridgehead atoms. The molecule has 0 fully saturated rings. The van der Waals surface area contributed by atoms with Gasteiger partial charge < -0.3 is 9.84 Å². The van der Waals surface area contributed by atoms with Crippen molar-refractivity contribution >= 4 is 5.97 Å². The number of rotatable bonds is 4. The summed E-state index contributed by atoms with van der Waals surface area (Å²) in [6.07, 6.45) is -12.2. The van der Waals surface area contributed by atoms with Crippen LogP contribution in [0.5, 0.6) is 0 Å². The molecule has 20 heavy (non-hydrogen) atoms. The van der Waals surface area contributed by atoms with Crippen molar-refractivity contribution in [2.45, 2.75) is 18.5 Å². The molecule has 3 nitrogen and oxygen atoms in total. The summed E-state index contributed by atoms with van der Waals surface area (Å²) in [5, 5.41) is 8.28. The van der Waals surface area contributed by atoms with E-state index in [4.69, 9.17) is 5.11 Å². The second kappa shape index (κ2) is 5.70. The highest BCUT2D eigenvalue weighted by atomic mass is 19.4. The van der Waals surface area contributed by atoms with E-state index in [2.05, 4.69) is 4.74 Å². The van der Waals surface area contributed by atoms with E-state index in [1.165, 1.54) is 0 Å². The lowest BCUT2D eigenvalue weighted by molar-refractivity contribution is -0.225. The fourth-order valence-corrected chi connectivity index (χ4v) is 1.38. The summed E-state index contributed by atoms with van der Waals surface area (Å²) in [7, 11) is 0. The summed E-state index contributed by atoms with van der Waals surface area (Å²) in [5.74, 6) is -1.62. The summed E-state index contributed by atoms with van der Waals surface area (Å²) in [6, 6.07) is 2.14. The molecular weight excluding hydrogens is 294 g/mol. The lowest BCUT2D eigenvalue weighted by atomic mass is 10.1. The zero-order valence-corrected chi connectivity index (χ0v) is 9.63. The van der Waals surface area contributed by atoms with Crippen LogP contribution in [-0.4, -0.2) is 23.9 Å². The van der Waals surface area contributed by atoms with Crippen LogP contribution >= 0.6 is 0 Å². The molecule has 0 aliphatic carbocycles. The van der Waals surface area contributed by atoms with Gasteiger partial charge in [0.2, 0.25) is 0 Å². The molecule has 1 aromatic carbocycles. The Morgan fingerprint density at radius 1 is 1.10 bits per heavy atom. The first-order valence-electron chi connectivity index (χ1n) is 5.09. The van der Waals surface area contributed by atoms with Crippen molar-refractivity contribution in [1.29, 1.82) is 0 Å². The van der Waals surface area contributed by atoms with Gasteiger partial charge in [0.1, 0.15) is 6.61 Å². The monoisotopic (exact) mass is 302 g/mol. The van der Waals surface area contributed by atoms with Crippen molar-refractivity contribution in [3.8, 4) is 0 Å². The van der Waals surface area contributed by atoms with Gasteiger partial charge in [0.05, 0.1) is 5.56 Å². The average molecular weight is 302 g/mol. The third-order valence-corrected chi connectivity index (χ3v) is 2.21. The SMILES string of the molecule is O=C(O)CO[C@@H](c1ccc(C(F)(F)F)cc1)C(F)(F)F. The first kappa shape index (κ1) is 16.3. The lowest BCUT2D eigenvalue weighted by Crippen LogP contribution is -2.26. The number of carboxylic acids is 1. The van der Waals surface area contributed by atoms with Crippen molar-refractivity contribution in [2.24, 2.45) is 0 Å². The maximum atomic E-state index is 12.7. The lowest BCUT2D eigenvalue weighted by Gasteiger charge is -2.20. The highest BCUT2D eigenvalue weighted by Crippen LogP contribution is 2.37. The standard InChI is InChI=1S/C11H8F6O3/c12-10(13,14)7-3-1-6(2-4-7)9(11(15,16)17)20-5-8(18)19/h1-4,9H,5H2,(H,18,19)/t9-/m0/s1. The number of carboxylic acid groups (broad SMARTS) is 1. The van der Waals surface area contributed by atoms with E-state index >= 15 is 0 Å². The van der Waals surface area contributed by atoms with Gasteiger partial charge >= 0.3 is 18.3 Å². The highest BCUT2D eigenvalue weighted by molar-refractivity contribution is 5.68. The Morgan fingerprint density at radius 2 is 1.60 bits per heavy atom. The van der Waals surface area contributed by atoms with E-state index in [9.17, 15) is 31.1 Å². The van der Waals surface area contributed by atoms with Gasteiger partial charge in [-0.15, -0.1) is 0 Å². The van der Waals surface area contributed by atoms with Gasteiger partial charge in [0.25, 0.3) is 0 Å². The largest absolute Gasteiger partial charge is 0.480 e. The van der Waals surface area contributed by atoms with Crippen LogP contribution in [0.3, 0.4) is 0 Å². The minimum atomic E-state index is -4.94. The normalized spacial score (nSPS) is 14.1. The Kier molecular flexibility index (Phi) is 4.64. The van der Waals surface area contributed by atoms with Crippen LogP contribution in [0.2, 0.25) is 0 Å². The summed E-state index contributed by atoms with van der Waals surface area (Å²) in [4.78, 5) is 10.2. The third kappa shape index (κ3) is 4.41. The molecule has 0 heterocycles. The minimum Gasteiger partial charge on any atom is -0.480 e. The Bertz CT molecular complexity index is 463. The van der Waals surface area contributed by atoms with Crippen molar-refractivity contribution in [2.75, 3.05) is 6.61 Å². The Hall–Kier alpha value is -1.77. The molecule has 9 heteroatoms. The van der Waals surface area contributed by atoms with Crippen LogP contribution in [0.1, 0.15) is 17.2 Å². The molecule has 112 valence electrons. The molecule has 0 aliphatic heterocycles. The second-order valence-electron chi connectivity index (χ2n) is 3.75. The summed E-state index contributed by atoms with van der Waals surface area (Å²) < 4.78 is 79.0. The highest BCUT2D eigenvalue weighted by Gasteiger charge is 2.42. The molecule has 0 amide bonds. The molecule has 1 atom stereocenters. The van der Waals surface area contributed by atoms with Crippen LogP contribution in [0.25, 0.3) is 0 Å². The smallest absolute Gasteiger partial charge is 0.418 e. The summed E-state index contributed by atoms with van der Waals surface area (Å²) >= 11 is 0. The zero-order valence-electron chi connectivity index (χ0n) is 9.63. The first-order chi connectivity index (χ1) is 9.01. The number of aliphatic carboxylic acids is 1. The fraction of sp³-hybridized carbons (Fsp3) is 0.364. The van der Waals surface area contributed by atoms with E-state index in [-0.39, 0.29) is 0 Å². The number of hydrogen-bond acceptors (Lipinski definition) is 2. The van der Waals surface area contributed by atoms with Crippen molar-refractivity contribution in [3.05, 3.63) is 35.4 Å². The number of alkyl halides is 6. The molecule has 1 aromatic rings. The van der Waals surface area contributed by atoms with Crippen molar-refractivity contribution < 1.29 is 41.0 Å². The van der Waals surface area contributed by atoms with E-state index in [0.29, 0.717) is 24.3 Å². The van der Waals surface area contributed by atoms with Gasteiger partial charge in [-0.05, 0) is 17.7 Å². The Labute approximate surface area is 108 Å². The number of hydrogen-bond donors (Lipinski definition) is 1. The van der Waals surface area contributed by atoms with Crippen LogP contribution in [0, 0.1) is 0 Å². The van der Waals surface area contributed by atoms with Crippen LogP contribution < -0.4 is 0 Å². The molecule has 0 unspecified atom stereocenters. The van der Waals surface area contributed by atoms with Gasteiger partial charge in [-0.1, -0.05) is 12.1 Å². The quantitative estimate of drug-likeness (QED) is 0.867. The van der Waals surface area contributed by atoms with Crippen molar-refractivity contribution in [1.82, 2.24) is 0 Å². The fourth-order valence-electron chi connectivity index (χ4n) is 1.38. The molecule has 0 saturated carbocycles. The Balaban J connectivity index is 3.00. The van der Waals surface area contributed by atoms with Gasteiger partial charge in [0.15, 0.2) is 6.10 Å². The van der Waals surface area contributed by atoms with Crippen molar-refractivity contribution in [3.63, 3.8) is 0 Å². The predicted octanol–water partition coefficient (Wildman–Crippen LogP) is 3.41. The maximum Gasteiger partial charge on any atom is 0.418 e. The summed E-state index contributed by atoms with van der Waals surface area (Å²) in [5.41, 5.74) is -1.72. The van der Waals surface area contributed by atoms with E-state index < -0.39 is 42.2 Å².